The zero-order valence-electron chi connectivity index (χ0n) is 8.31. The quantitative estimate of drug-likeness (QED) is 0.772. The summed E-state index contributed by atoms with van der Waals surface area (Å²) in [5, 5.41) is 11.9. The summed E-state index contributed by atoms with van der Waals surface area (Å²) in [6.45, 7) is 1.21. The van der Waals surface area contributed by atoms with Crippen LogP contribution < -0.4 is 5.32 Å². The molecule has 1 aromatic heterocycles. The fraction of sp³-hybridized carbons (Fsp3) is 0.444. The summed E-state index contributed by atoms with van der Waals surface area (Å²) in [7, 11) is 0. The van der Waals surface area contributed by atoms with Crippen LogP contribution in [0.15, 0.2) is 6.20 Å². The fourth-order valence-electron chi connectivity index (χ4n) is 1.47. The van der Waals surface area contributed by atoms with Gasteiger partial charge in [0.05, 0.1) is 12.6 Å². The number of hydrogen-bond acceptors (Lipinski definition) is 5. The van der Waals surface area contributed by atoms with Gasteiger partial charge >= 0.3 is 5.97 Å². The predicted octanol–water partition coefficient (Wildman–Crippen LogP) is 1.03. The lowest BCUT2D eigenvalue weighted by atomic mass is 10.2. The van der Waals surface area contributed by atoms with Crippen LogP contribution in [0.3, 0.4) is 0 Å². The molecule has 1 aromatic rings. The van der Waals surface area contributed by atoms with E-state index in [0.29, 0.717) is 13.2 Å². The molecule has 0 unspecified atom stereocenters. The average Bonchev–Trinajstić information content (AvgIpc) is 2.70. The number of nitrogens with one attached hydrogen (secondary N) is 1. The lowest BCUT2D eigenvalue weighted by molar-refractivity contribution is 0.0697. The van der Waals surface area contributed by atoms with Gasteiger partial charge in [0.15, 0.2) is 0 Å². The molecule has 2 rings (SSSR count). The van der Waals surface area contributed by atoms with Crippen molar-refractivity contribution in [1.29, 1.82) is 0 Å². The van der Waals surface area contributed by atoms with Crippen molar-refractivity contribution in [3.63, 3.8) is 0 Å². The Labute approximate surface area is 96.6 Å². The molecular formula is C9H10ClN3O3. The van der Waals surface area contributed by atoms with Crippen LogP contribution in [0, 0.1) is 0 Å². The van der Waals surface area contributed by atoms with Gasteiger partial charge < -0.3 is 15.2 Å². The van der Waals surface area contributed by atoms with Crippen molar-refractivity contribution >= 4 is 23.4 Å². The van der Waals surface area contributed by atoms with Crippen LogP contribution in [-0.2, 0) is 4.74 Å². The third-order valence-corrected chi connectivity index (χ3v) is 2.44. The Morgan fingerprint density at radius 3 is 3.12 bits per heavy atom. The van der Waals surface area contributed by atoms with Crippen LogP contribution in [-0.4, -0.2) is 40.3 Å². The van der Waals surface area contributed by atoms with Gasteiger partial charge in [-0.15, -0.1) is 0 Å². The summed E-state index contributed by atoms with van der Waals surface area (Å²) < 4.78 is 5.17. The lowest BCUT2D eigenvalue weighted by Crippen LogP contribution is -2.22. The number of ether oxygens (including phenoxy) is 1. The number of carboxylic acid groups (broad SMARTS) is 1. The van der Waals surface area contributed by atoms with Gasteiger partial charge in [-0.1, -0.05) is 0 Å². The summed E-state index contributed by atoms with van der Waals surface area (Å²) in [4.78, 5) is 18.4. The SMILES string of the molecule is O=C(O)c1cnc(Cl)nc1N[C@@H]1CCOC1. The minimum Gasteiger partial charge on any atom is -0.477 e. The van der Waals surface area contributed by atoms with Crippen LogP contribution in [0.2, 0.25) is 5.28 Å². The molecule has 86 valence electrons. The summed E-state index contributed by atoms with van der Waals surface area (Å²) in [5.74, 6) is -0.846. The van der Waals surface area contributed by atoms with E-state index in [-0.39, 0.29) is 22.7 Å². The highest BCUT2D eigenvalue weighted by Gasteiger charge is 2.20. The molecule has 0 saturated carbocycles. The largest absolute Gasteiger partial charge is 0.477 e. The van der Waals surface area contributed by atoms with E-state index in [0.717, 1.165) is 6.42 Å². The van der Waals surface area contributed by atoms with Gasteiger partial charge in [0.1, 0.15) is 11.4 Å². The zero-order chi connectivity index (χ0) is 11.5. The van der Waals surface area contributed by atoms with E-state index < -0.39 is 5.97 Å². The van der Waals surface area contributed by atoms with Gasteiger partial charge in [0.2, 0.25) is 5.28 Å². The highest BCUT2D eigenvalue weighted by molar-refractivity contribution is 6.28. The second kappa shape index (κ2) is 4.63. The topological polar surface area (TPSA) is 84.3 Å². The third kappa shape index (κ3) is 2.40. The monoisotopic (exact) mass is 243 g/mol. The van der Waals surface area contributed by atoms with Crippen LogP contribution >= 0.6 is 11.6 Å². The van der Waals surface area contributed by atoms with Gasteiger partial charge in [0, 0.05) is 12.8 Å². The van der Waals surface area contributed by atoms with E-state index in [1.54, 1.807) is 0 Å². The number of rotatable bonds is 3. The maximum atomic E-state index is 10.9. The number of halogens is 1. The first-order chi connectivity index (χ1) is 7.66. The molecule has 0 spiro atoms. The first-order valence-electron chi connectivity index (χ1n) is 4.77. The Balaban J connectivity index is 2.22. The molecule has 2 N–H and O–H groups in total. The van der Waals surface area contributed by atoms with Crippen LogP contribution in [0.1, 0.15) is 16.8 Å². The number of nitrogens with zero attached hydrogens (tertiary/aromatic N) is 2. The second-order valence-corrected chi connectivity index (χ2v) is 3.75. The van der Waals surface area contributed by atoms with Crippen LogP contribution in [0.5, 0.6) is 0 Å². The van der Waals surface area contributed by atoms with Crippen LogP contribution in [0.25, 0.3) is 0 Å². The smallest absolute Gasteiger partial charge is 0.341 e. The highest BCUT2D eigenvalue weighted by Crippen LogP contribution is 2.17. The molecule has 1 aliphatic heterocycles. The van der Waals surface area contributed by atoms with Gasteiger partial charge in [-0.2, -0.15) is 4.98 Å². The van der Waals surface area contributed by atoms with E-state index in [2.05, 4.69) is 15.3 Å². The fourth-order valence-corrected chi connectivity index (χ4v) is 1.60. The lowest BCUT2D eigenvalue weighted by Gasteiger charge is -2.12. The Bertz CT molecular complexity index is 407. The van der Waals surface area contributed by atoms with Gasteiger partial charge in [0.25, 0.3) is 0 Å². The molecule has 0 aliphatic carbocycles. The molecule has 1 saturated heterocycles. The summed E-state index contributed by atoms with van der Waals surface area (Å²) in [6, 6.07) is 0.0732. The standard InChI is InChI=1S/C9H10ClN3O3/c10-9-11-3-6(8(14)15)7(13-9)12-5-1-2-16-4-5/h3,5H,1-2,4H2,(H,14,15)(H,11,12,13)/t5-/m1/s1. The van der Waals surface area contributed by atoms with E-state index in [4.69, 9.17) is 21.4 Å². The summed E-state index contributed by atoms with van der Waals surface area (Å²) in [5.41, 5.74) is 0.0105. The number of aromatic nitrogens is 2. The summed E-state index contributed by atoms with van der Waals surface area (Å²) >= 11 is 5.62. The van der Waals surface area contributed by atoms with Crippen molar-refractivity contribution in [2.24, 2.45) is 0 Å². The molecule has 0 aromatic carbocycles. The second-order valence-electron chi connectivity index (χ2n) is 3.41. The normalized spacial score (nSPS) is 19.7. The molecule has 1 aliphatic rings. The van der Waals surface area contributed by atoms with E-state index in [1.807, 2.05) is 0 Å². The van der Waals surface area contributed by atoms with Crippen molar-refractivity contribution in [2.45, 2.75) is 12.5 Å². The van der Waals surface area contributed by atoms with Crippen molar-refractivity contribution in [3.8, 4) is 0 Å². The van der Waals surface area contributed by atoms with E-state index in [1.165, 1.54) is 6.20 Å². The maximum absolute atomic E-state index is 10.9. The Morgan fingerprint density at radius 2 is 2.50 bits per heavy atom. The van der Waals surface area contributed by atoms with Crippen molar-refractivity contribution in [2.75, 3.05) is 18.5 Å². The minimum atomic E-state index is -1.09. The Morgan fingerprint density at radius 1 is 1.69 bits per heavy atom. The molecule has 6 nitrogen and oxygen atoms in total. The Hall–Kier alpha value is -1.40. The first-order valence-corrected chi connectivity index (χ1v) is 5.14. The Kier molecular flexibility index (Phi) is 3.21. The minimum absolute atomic E-state index is 0.0105. The van der Waals surface area contributed by atoms with E-state index in [9.17, 15) is 4.79 Å². The van der Waals surface area contributed by atoms with Crippen molar-refractivity contribution in [1.82, 2.24) is 9.97 Å². The van der Waals surface area contributed by atoms with Gasteiger partial charge in [-0.3, -0.25) is 0 Å². The molecule has 0 bridgehead atoms. The number of carboxylic acids is 1. The molecule has 1 atom stereocenters. The number of hydrogen-bond donors (Lipinski definition) is 2. The van der Waals surface area contributed by atoms with Gasteiger partial charge in [-0.05, 0) is 18.0 Å². The summed E-state index contributed by atoms with van der Waals surface area (Å²) in [6.07, 6.45) is 2.01. The molecule has 1 fully saturated rings. The van der Waals surface area contributed by atoms with Crippen molar-refractivity contribution < 1.29 is 14.6 Å². The number of carbonyl (C=O) groups is 1. The third-order valence-electron chi connectivity index (χ3n) is 2.26. The molecule has 16 heavy (non-hydrogen) atoms. The van der Waals surface area contributed by atoms with Crippen molar-refractivity contribution in [3.05, 3.63) is 17.0 Å². The molecular weight excluding hydrogens is 234 g/mol. The number of aromatic carboxylic acids is 1. The van der Waals surface area contributed by atoms with Crippen LogP contribution in [0.4, 0.5) is 5.82 Å². The first kappa shape index (κ1) is 11.1. The number of anilines is 1. The van der Waals surface area contributed by atoms with E-state index >= 15 is 0 Å². The predicted molar refractivity (Wildman–Crippen MR) is 56.8 cm³/mol. The zero-order valence-corrected chi connectivity index (χ0v) is 9.07. The van der Waals surface area contributed by atoms with Gasteiger partial charge in [-0.25, -0.2) is 9.78 Å². The highest BCUT2D eigenvalue weighted by atomic mass is 35.5. The molecule has 0 radical (unpaired) electrons. The molecule has 2 heterocycles. The molecule has 7 heteroatoms. The maximum Gasteiger partial charge on any atom is 0.341 e. The average molecular weight is 244 g/mol. The molecule has 0 amide bonds.